The molecule has 1 aliphatic heterocycles. The lowest BCUT2D eigenvalue weighted by Gasteiger charge is -2.36. The van der Waals surface area contributed by atoms with E-state index in [4.69, 9.17) is 5.73 Å². The van der Waals surface area contributed by atoms with E-state index in [9.17, 15) is 12.8 Å². The molecule has 1 fully saturated rings. The van der Waals surface area contributed by atoms with Gasteiger partial charge in [-0.1, -0.05) is 13.0 Å². The molecule has 2 N–H and O–H groups in total. The minimum absolute atomic E-state index is 0.000466. The molecule has 0 aliphatic carbocycles. The Kier molecular flexibility index (Phi) is 4.23. The predicted molar refractivity (Wildman–Crippen MR) is 71.5 cm³/mol. The van der Waals surface area contributed by atoms with E-state index < -0.39 is 15.8 Å². The highest BCUT2D eigenvalue weighted by Gasteiger charge is 2.34. The molecule has 1 aromatic rings. The lowest BCUT2D eigenvalue weighted by molar-refractivity contribution is 0.211. The van der Waals surface area contributed by atoms with Crippen molar-refractivity contribution in [1.29, 1.82) is 0 Å². The first-order valence-corrected chi connectivity index (χ1v) is 7.86. The minimum Gasteiger partial charge on any atom is -0.329 e. The van der Waals surface area contributed by atoms with Gasteiger partial charge in [-0.05, 0) is 37.0 Å². The van der Waals surface area contributed by atoms with Gasteiger partial charge in [-0.3, -0.25) is 0 Å². The van der Waals surface area contributed by atoms with Gasteiger partial charge < -0.3 is 5.73 Å². The molecule has 106 valence electrons. The van der Waals surface area contributed by atoms with Gasteiger partial charge in [0.05, 0.1) is 4.90 Å². The van der Waals surface area contributed by atoms with Crippen molar-refractivity contribution in [2.24, 2.45) is 11.7 Å². The predicted octanol–water partition coefficient (Wildman–Crippen LogP) is 1.57. The van der Waals surface area contributed by atoms with Crippen molar-refractivity contribution in [1.82, 2.24) is 4.31 Å². The molecule has 2 rings (SSSR count). The topological polar surface area (TPSA) is 63.4 Å². The lowest BCUT2D eigenvalue weighted by atomic mass is 9.94. The summed E-state index contributed by atoms with van der Waals surface area (Å²) in [5.74, 6) is -0.0803. The van der Waals surface area contributed by atoms with E-state index in [0.29, 0.717) is 19.0 Å². The molecule has 0 spiro atoms. The summed E-state index contributed by atoms with van der Waals surface area (Å²) in [7, 11) is -3.66. The van der Waals surface area contributed by atoms with E-state index in [1.54, 1.807) is 0 Å². The second-order valence-electron chi connectivity index (χ2n) is 5.09. The second-order valence-corrected chi connectivity index (χ2v) is 6.98. The van der Waals surface area contributed by atoms with Crippen molar-refractivity contribution in [2.45, 2.75) is 30.7 Å². The maximum absolute atomic E-state index is 13.2. The van der Waals surface area contributed by atoms with E-state index in [1.807, 2.05) is 0 Å². The summed E-state index contributed by atoms with van der Waals surface area (Å²) in [6, 6.07) is 4.92. The molecule has 0 aromatic heterocycles. The molecule has 0 amide bonds. The first-order chi connectivity index (χ1) is 8.95. The molecule has 4 nitrogen and oxygen atoms in total. The number of nitrogens with two attached hydrogens (primary N) is 1. The third-order valence-corrected chi connectivity index (χ3v) is 5.55. The zero-order valence-electron chi connectivity index (χ0n) is 10.9. The molecule has 0 saturated carbocycles. The van der Waals surface area contributed by atoms with Crippen LogP contribution in [0.25, 0.3) is 0 Å². The van der Waals surface area contributed by atoms with E-state index >= 15 is 0 Å². The van der Waals surface area contributed by atoms with E-state index in [-0.39, 0.29) is 10.9 Å². The van der Waals surface area contributed by atoms with Gasteiger partial charge in [0.15, 0.2) is 0 Å². The molecule has 0 radical (unpaired) electrons. The Morgan fingerprint density at radius 1 is 1.47 bits per heavy atom. The van der Waals surface area contributed by atoms with Crippen LogP contribution in [0.15, 0.2) is 29.2 Å². The highest BCUT2D eigenvalue weighted by Crippen LogP contribution is 2.28. The van der Waals surface area contributed by atoms with Crippen LogP contribution in [-0.2, 0) is 10.0 Å². The van der Waals surface area contributed by atoms with Gasteiger partial charge in [-0.2, -0.15) is 4.31 Å². The highest BCUT2D eigenvalue weighted by molar-refractivity contribution is 7.89. The van der Waals surface area contributed by atoms with Crippen LogP contribution in [0.5, 0.6) is 0 Å². The fourth-order valence-electron chi connectivity index (χ4n) is 2.52. The SMILES string of the molecule is CC1CCN(S(=O)(=O)c2cccc(F)c2)C(CN)C1. The van der Waals surface area contributed by atoms with Gasteiger partial charge in [-0.15, -0.1) is 0 Å². The fourth-order valence-corrected chi connectivity index (χ4v) is 4.22. The molecule has 1 aromatic carbocycles. The van der Waals surface area contributed by atoms with Crippen molar-refractivity contribution < 1.29 is 12.8 Å². The molecule has 1 saturated heterocycles. The number of piperidine rings is 1. The Hall–Kier alpha value is -0.980. The fraction of sp³-hybridized carbons (Fsp3) is 0.538. The highest BCUT2D eigenvalue weighted by atomic mass is 32.2. The van der Waals surface area contributed by atoms with Crippen LogP contribution < -0.4 is 5.73 Å². The first kappa shape index (κ1) is 14.4. The van der Waals surface area contributed by atoms with Crippen LogP contribution in [0.3, 0.4) is 0 Å². The quantitative estimate of drug-likeness (QED) is 0.917. The summed E-state index contributed by atoms with van der Waals surface area (Å²) in [4.78, 5) is 0.000466. The normalized spacial score (nSPS) is 25.4. The molecule has 2 unspecified atom stereocenters. The monoisotopic (exact) mass is 286 g/mol. The molecule has 2 atom stereocenters. The zero-order chi connectivity index (χ0) is 14.0. The smallest absolute Gasteiger partial charge is 0.243 e. The van der Waals surface area contributed by atoms with Crippen LogP contribution in [0, 0.1) is 11.7 Å². The van der Waals surface area contributed by atoms with E-state index in [2.05, 4.69) is 6.92 Å². The van der Waals surface area contributed by atoms with E-state index in [0.717, 1.165) is 18.9 Å². The van der Waals surface area contributed by atoms with Gasteiger partial charge >= 0.3 is 0 Å². The molecular weight excluding hydrogens is 267 g/mol. The summed E-state index contributed by atoms with van der Waals surface area (Å²) in [5, 5.41) is 0. The van der Waals surface area contributed by atoms with Crippen molar-refractivity contribution in [3.8, 4) is 0 Å². The Morgan fingerprint density at radius 3 is 2.84 bits per heavy atom. The van der Waals surface area contributed by atoms with Crippen LogP contribution in [0.2, 0.25) is 0 Å². The average Bonchev–Trinajstić information content (AvgIpc) is 2.38. The van der Waals surface area contributed by atoms with Crippen LogP contribution in [0.1, 0.15) is 19.8 Å². The van der Waals surface area contributed by atoms with Gasteiger partial charge in [0, 0.05) is 19.1 Å². The first-order valence-electron chi connectivity index (χ1n) is 6.42. The number of benzene rings is 1. The van der Waals surface area contributed by atoms with Crippen molar-refractivity contribution in [2.75, 3.05) is 13.1 Å². The Balaban J connectivity index is 2.33. The van der Waals surface area contributed by atoms with Gasteiger partial charge in [0.2, 0.25) is 10.0 Å². The van der Waals surface area contributed by atoms with Crippen LogP contribution in [0.4, 0.5) is 4.39 Å². The van der Waals surface area contributed by atoms with Crippen molar-refractivity contribution in [3.63, 3.8) is 0 Å². The third kappa shape index (κ3) is 2.96. The zero-order valence-corrected chi connectivity index (χ0v) is 11.7. The molecular formula is C13H19FN2O2S. The van der Waals surface area contributed by atoms with Gasteiger partial charge in [0.1, 0.15) is 5.82 Å². The van der Waals surface area contributed by atoms with Gasteiger partial charge in [-0.25, -0.2) is 12.8 Å². The average molecular weight is 286 g/mol. The minimum atomic E-state index is -3.66. The number of sulfonamides is 1. The second kappa shape index (κ2) is 5.56. The number of hydrogen-bond acceptors (Lipinski definition) is 3. The number of nitrogens with zero attached hydrogens (tertiary/aromatic N) is 1. The number of hydrogen-bond donors (Lipinski definition) is 1. The summed E-state index contributed by atoms with van der Waals surface area (Å²) in [5.41, 5.74) is 5.68. The molecule has 1 aliphatic rings. The number of rotatable bonds is 3. The largest absolute Gasteiger partial charge is 0.329 e. The standard InChI is InChI=1S/C13H19FN2O2S/c1-10-5-6-16(12(7-10)9-15)19(17,18)13-4-2-3-11(14)8-13/h2-4,8,10,12H,5-7,9,15H2,1H3. The molecule has 0 bridgehead atoms. The molecule has 1 heterocycles. The van der Waals surface area contributed by atoms with Crippen LogP contribution in [-0.4, -0.2) is 31.9 Å². The Labute approximate surface area is 113 Å². The Morgan fingerprint density at radius 2 is 2.21 bits per heavy atom. The maximum atomic E-state index is 13.2. The Bertz CT molecular complexity index is 547. The van der Waals surface area contributed by atoms with Gasteiger partial charge in [0.25, 0.3) is 0 Å². The van der Waals surface area contributed by atoms with Crippen molar-refractivity contribution in [3.05, 3.63) is 30.1 Å². The summed E-state index contributed by atoms with van der Waals surface area (Å²) < 4.78 is 39.7. The molecule has 19 heavy (non-hydrogen) atoms. The van der Waals surface area contributed by atoms with Crippen LogP contribution >= 0.6 is 0 Å². The third-order valence-electron chi connectivity index (χ3n) is 3.60. The summed E-state index contributed by atoms with van der Waals surface area (Å²) >= 11 is 0. The van der Waals surface area contributed by atoms with Crippen molar-refractivity contribution >= 4 is 10.0 Å². The molecule has 6 heteroatoms. The maximum Gasteiger partial charge on any atom is 0.243 e. The number of halogens is 1. The summed E-state index contributed by atoms with van der Waals surface area (Å²) in [6.45, 7) is 2.83. The summed E-state index contributed by atoms with van der Waals surface area (Å²) in [6.07, 6.45) is 1.57. The van der Waals surface area contributed by atoms with E-state index in [1.165, 1.54) is 22.5 Å². The lowest BCUT2D eigenvalue weighted by Crippen LogP contribution is -2.49.